The summed E-state index contributed by atoms with van der Waals surface area (Å²) in [7, 11) is 0. The molecule has 0 unspecified atom stereocenters. The quantitative estimate of drug-likeness (QED) is 0.702. The minimum absolute atomic E-state index is 0.469. The van der Waals surface area contributed by atoms with Gasteiger partial charge in [-0.15, -0.1) is 5.10 Å². The molecule has 2 heterocycles. The van der Waals surface area contributed by atoms with Crippen LogP contribution < -0.4 is 5.73 Å². The van der Waals surface area contributed by atoms with E-state index in [1.807, 2.05) is 29.1 Å². The molecule has 2 aromatic heterocycles. The van der Waals surface area contributed by atoms with Crippen molar-refractivity contribution in [2.24, 2.45) is 0 Å². The third-order valence-electron chi connectivity index (χ3n) is 3.52. The molecule has 0 saturated carbocycles. The highest BCUT2D eigenvalue weighted by Crippen LogP contribution is 2.06. The van der Waals surface area contributed by atoms with E-state index in [2.05, 4.69) is 44.6 Å². The average molecular weight is 308 g/mol. The van der Waals surface area contributed by atoms with E-state index in [1.54, 1.807) is 6.20 Å². The number of aryl methyl sites for hydroxylation is 2. The third kappa shape index (κ3) is 4.54. The molecule has 0 aliphatic heterocycles. The lowest BCUT2D eigenvalue weighted by Gasteiger charge is -1.96. The standard InChI is InChI=1S/C17H20N6/c18-17-19-12-15(20-17)9-4-10-16-13-23(22-21-16)11-5-8-14-6-2-1-3-7-14/h1-3,5-8,12-13H,4,9-11H2,(H3,18,19,20). The summed E-state index contributed by atoms with van der Waals surface area (Å²) in [5.74, 6) is 0.469. The van der Waals surface area contributed by atoms with Crippen molar-refractivity contribution in [1.82, 2.24) is 25.0 Å². The number of hydrogen-bond donors (Lipinski definition) is 2. The molecule has 6 nitrogen and oxygen atoms in total. The molecule has 0 fully saturated rings. The molecular formula is C17H20N6. The summed E-state index contributed by atoms with van der Waals surface area (Å²) in [6, 6.07) is 10.2. The summed E-state index contributed by atoms with van der Waals surface area (Å²) in [5.41, 5.74) is 8.80. The van der Waals surface area contributed by atoms with E-state index in [0.29, 0.717) is 5.95 Å². The number of anilines is 1. The Morgan fingerprint density at radius 3 is 2.83 bits per heavy atom. The van der Waals surface area contributed by atoms with Gasteiger partial charge in [0, 0.05) is 11.9 Å². The van der Waals surface area contributed by atoms with E-state index in [9.17, 15) is 0 Å². The minimum atomic E-state index is 0.469. The molecule has 3 N–H and O–H groups in total. The molecule has 0 aliphatic rings. The van der Waals surface area contributed by atoms with Gasteiger partial charge in [-0.2, -0.15) is 0 Å². The molecule has 1 aromatic carbocycles. The second-order valence-electron chi connectivity index (χ2n) is 5.39. The first-order valence-electron chi connectivity index (χ1n) is 7.69. The predicted molar refractivity (Wildman–Crippen MR) is 90.5 cm³/mol. The largest absolute Gasteiger partial charge is 0.369 e. The van der Waals surface area contributed by atoms with E-state index in [1.165, 1.54) is 5.56 Å². The molecule has 0 aliphatic carbocycles. The number of nitrogen functional groups attached to an aromatic ring is 1. The molecule has 0 bridgehead atoms. The normalized spacial score (nSPS) is 11.3. The molecular weight excluding hydrogens is 288 g/mol. The number of nitrogens with zero attached hydrogens (tertiary/aromatic N) is 4. The summed E-state index contributed by atoms with van der Waals surface area (Å²) in [6.45, 7) is 0.721. The number of benzene rings is 1. The number of nitrogens with one attached hydrogen (secondary N) is 1. The molecule has 118 valence electrons. The topological polar surface area (TPSA) is 85.4 Å². The first-order chi connectivity index (χ1) is 11.3. The lowest BCUT2D eigenvalue weighted by atomic mass is 10.2. The maximum Gasteiger partial charge on any atom is 0.197 e. The van der Waals surface area contributed by atoms with Gasteiger partial charge >= 0.3 is 0 Å². The van der Waals surface area contributed by atoms with Gasteiger partial charge in [-0.05, 0) is 24.8 Å². The second kappa shape index (κ2) is 7.40. The molecule has 0 saturated heterocycles. The first kappa shape index (κ1) is 15.0. The maximum atomic E-state index is 5.55. The van der Waals surface area contributed by atoms with Gasteiger partial charge in [-0.25, -0.2) is 9.67 Å². The van der Waals surface area contributed by atoms with E-state index in [0.717, 1.165) is 37.2 Å². The van der Waals surface area contributed by atoms with Crippen molar-refractivity contribution < 1.29 is 0 Å². The minimum Gasteiger partial charge on any atom is -0.369 e. The Morgan fingerprint density at radius 1 is 1.17 bits per heavy atom. The zero-order chi connectivity index (χ0) is 15.9. The Kier molecular flexibility index (Phi) is 4.83. The fourth-order valence-corrected chi connectivity index (χ4v) is 2.37. The van der Waals surface area contributed by atoms with Crippen LogP contribution in [-0.4, -0.2) is 25.0 Å². The predicted octanol–water partition coefficient (Wildman–Crippen LogP) is 2.47. The zero-order valence-corrected chi connectivity index (χ0v) is 12.9. The number of hydrogen-bond acceptors (Lipinski definition) is 4. The average Bonchev–Trinajstić information content (AvgIpc) is 3.18. The number of H-pyrrole nitrogens is 1. The van der Waals surface area contributed by atoms with E-state index in [-0.39, 0.29) is 0 Å². The number of imidazole rings is 1. The van der Waals surface area contributed by atoms with Crippen molar-refractivity contribution >= 4 is 12.0 Å². The second-order valence-corrected chi connectivity index (χ2v) is 5.39. The van der Waals surface area contributed by atoms with Crippen LogP contribution in [0, 0.1) is 0 Å². The van der Waals surface area contributed by atoms with Crippen LogP contribution in [0.15, 0.2) is 48.8 Å². The van der Waals surface area contributed by atoms with Crippen molar-refractivity contribution in [2.45, 2.75) is 25.8 Å². The van der Waals surface area contributed by atoms with Gasteiger partial charge in [0.05, 0.1) is 18.4 Å². The number of allylic oxidation sites excluding steroid dienone is 1. The van der Waals surface area contributed by atoms with Crippen molar-refractivity contribution in [3.05, 3.63) is 65.8 Å². The number of rotatable bonds is 7. The van der Waals surface area contributed by atoms with Gasteiger partial charge in [-0.3, -0.25) is 0 Å². The summed E-state index contributed by atoms with van der Waals surface area (Å²) >= 11 is 0. The Bertz CT molecular complexity index is 756. The van der Waals surface area contributed by atoms with Crippen molar-refractivity contribution in [3.8, 4) is 0 Å². The fourth-order valence-electron chi connectivity index (χ4n) is 2.37. The van der Waals surface area contributed by atoms with Crippen LogP contribution in [0.5, 0.6) is 0 Å². The Balaban J connectivity index is 1.45. The van der Waals surface area contributed by atoms with Gasteiger partial charge in [0.25, 0.3) is 0 Å². The summed E-state index contributed by atoms with van der Waals surface area (Å²) in [4.78, 5) is 7.01. The molecule has 0 amide bonds. The fraction of sp³-hybridized carbons (Fsp3) is 0.235. The lowest BCUT2D eigenvalue weighted by Crippen LogP contribution is -1.95. The van der Waals surface area contributed by atoms with Gasteiger partial charge < -0.3 is 10.7 Å². The van der Waals surface area contributed by atoms with Crippen LogP contribution in [0.2, 0.25) is 0 Å². The molecule has 23 heavy (non-hydrogen) atoms. The maximum absolute atomic E-state index is 5.55. The number of aromatic nitrogens is 5. The first-order valence-corrected chi connectivity index (χ1v) is 7.69. The molecule has 0 spiro atoms. The van der Waals surface area contributed by atoms with Crippen LogP contribution in [0.1, 0.15) is 23.4 Å². The van der Waals surface area contributed by atoms with Gasteiger partial charge in [-0.1, -0.05) is 47.7 Å². The van der Waals surface area contributed by atoms with Crippen LogP contribution in [-0.2, 0) is 19.4 Å². The third-order valence-corrected chi connectivity index (χ3v) is 3.52. The number of nitrogens with two attached hydrogens (primary N) is 1. The summed E-state index contributed by atoms with van der Waals surface area (Å²) < 4.78 is 1.85. The van der Waals surface area contributed by atoms with Crippen molar-refractivity contribution in [3.63, 3.8) is 0 Å². The van der Waals surface area contributed by atoms with E-state index in [4.69, 9.17) is 5.73 Å². The lowest BCUT2D eigenvalue weighted by molar-refractivity contribution is 0.662. The molecule has 3 rings (SSSR count). The van der Waals surface area contributed by atoms with Crippen LogP contribution in [0.4, 0.5) is 5.95 Å². The van der Waals surface area contributed by atoms with Crippen LogP contribution >= 0.6 is 0 Å². The molecule has 0 atom stereocenters. The SMILES string of the molecule is Nc1ncc(CCCc2cn(CC=Cc3ccccc3)nn2)[nH]1. The highest BCUT2D eigenvalue weighted by Gasteiger charge is 2.02. The van der Waals surface area contributed by atoms with Crippen LogP contribution in [0.25, 0.3) is 6.08 Å². The van der Waals surface area contributed by atoms with Gasteiger partial charge in [0.2, 0.25) is 0 Å². The van der Waals surface area contributed by atoms with Gasteiger partial charge in [0.15, 0.2) is 5.95 Å². The Hall–Kier alpha value is -2.89. The molecule has 6 heteroatoms. The van der Waals surface area contributed by atoms with E-state index < -0.39 is 0 Å². The smallest absolute Gasteiger partial charge is 0.197 e. The number of aromatic amines is 1. The van der Waals surface area contributed by atoms with Crippen molar-refractivity contribution in [1.29, 1.82) is 0 Å². The van der Waals surface area contributed by atoms with Crippen molar-refractivity contribution in [2.75, 3.05) is 5.73 Å². The van der Waals surface area contributed by atoms with Gasteiger partial charge in [0.1, 0.15) is 0 Å². The zero-order valence-electron chi connectivity index (χ0n) is 12.9. The monoisotopic (exact) mass is 308 g/mol. The summed E-state index contributed by atoms with van der Waals surface area (Å²) in [5, 5.41) is 8.36. The Morgan fingerprint density at radius 2 is 2.04 bits per heavy atom. The molecule has 0 radical (unpaired) electrons. The highest BCUT2D eigenvalue weighted by atomic mass is 15.4. The van der Waals surface area contributed by atoms with Crippen LogP contribution in [0.3, 0.4) is 0 Å². The van der Waals surface area contributed by atoms with E-state index >= 15 is 0 Å². The molecule has 3 aromatic rings. The highest BCUT2D eigenvalue weighted by molar-refractivity contribution is 5.48. The Labute approximate surface area is 135 Å². The summed E-state index contributed by atoms with van der Waals surface area (Å²) in [6.07, 6.45) is 10.7.